The van der Waals surface area contributed by atoms with Crippen molar-refractivity contribution in [2.75, 3.05) is 0 Å². The molecule has 0 amide bonds. The minimum Gasteiger partial charge on any atom is -0.456 e. The van der Waals surface area contributed by atoms with Crippen LogP contribution < -0.4 is 0 Å². The molecular weight excluding hydrogens is 613 g/mol. The van der Waals surface area contributed by atoms with Crippen LogP contribution in [0.4, 0.5) is 0 Å². The molecule has 0 saturated heterocycles. The van der Waals surface area contributed by atoms with E-state index in [9.17, 15) is 0 Å². The van der Waals surface area contributed by atoms with Crippen LogP contribution in [0.1, 0.15) is 0 Å². The third kappa shape index (κ3) is 3.86. The fraction of sp³-hybridized carbons (Fsp3) is 0. The standard InChI is InChI=1S/C45H26N4O/c1-3-12-27(13-4-1)43-46-44(28-14-5-2-6-15-28)48-45(47-43)35-20-11-23-38-40(35)34-25-24-29(26-39(34)50-38)49-36-21-9-18-32-30-16-7-8-17-31(30)33-19-10-22-37(49)42(33)41(32)36/h1-26H. The van der Waals surface area contributed by atoms with Crippen molar-refractivity contribution in [3.8, 4) is 39.9 Å². The summed E-state index contributed by atoms with van der Waals surface area (Å²) in [5.41, 5.74) is 7.80. The monoisotopic (exact) mass is 638 g/mol. The highest BCUT2D eigenvalue weighted by Gasteiger charge is 2.21. The van der Waals surface area contributed by atoms with Gasteiger partial charge in [-0.05, 0) is 51.9 Å². The van der Waals surface area contributed by atoms with E-state index >= 15 is 0 Å². The summed E-state index contributed by atoms with van der Waals surface area (Å²) >= 11 is 0. The molecule has 5 heteroatoms. The second-order valence-electron chi connectivity index (χ2n) is 12.8. The zero-order chi connectivity index (χ0) is 32.8. The molecule has 0 unspecified atom stereocenters. The van der Waals surface area contributed by atoms with Crippen LogP contribution in [0.5, 0.6) is 0 Å². The Morgan fingerprint density at radius 1 is 0.380 bits per heavy atom. The number of fused-ring (bicyclic) bond motifs is 6. The normalized spacial score (nSPS) is 12.0. The molecule has 0 N–H and O–H groups in total. The molecule has 11 rings (SSSR count). The highest BCUT2D eigenvalue weighted by Crippen LogP contribution is 2.44. The Balaban J connectivity index is 1.14. The fourth-order valence-corrected chi connectivity index (χ4v) is 7.86. The summed E-state index contributed by atoms with van der Waals surface area (Å²) in [5.74, 6) is 1.87. The zero-order valence-electron chi connectivity index (χ0n) is 26.7. The Morgan fingerprint density at radius 2 is 0.920 bits per heavy atom. The van der Waals surface area contributed by atoms with Crippen molar-refractivity contribution in [2.24, 2.45) is 0 Å². The molecule has 0 spiro atoms. The first-order valence-corrected chi connectivity index (χ1v) is 16.8. The summed E-state index contributed by atoms with van der Waals surface area (Å²) in [5, 5.41) is 9.69. The van der Waals surface area contributed by atoms with Crippen LogP contribution in [0.15, 0.2) is 162 Å². The average molecular weight is 639 g/mol. The van der Waals surface area contributed by atoms with Crippen molar-refractivity contribution in [2.45, 2.75) is 0 Å². The first kappa shape index (κ1) is 27.1. The van der Waals surface area contributed by atoms with Gasteiger partial charge in [0, 0.05) is 50.0 Å². The maximum atomic E-state index is 6.63. The molecule has 0 bridgehead atoms. The predicted octanol–water partition coefficient (Wildman–Crippen LogP) is 11.6. The number of furan rings is 1. The molecule has 0 aliphatic rings. The van der Waals surface area contributed by atoms with Crippen LogP contribution in [-0.4, -0.2) is 19.5 Å². The quantitative estimate of drug-likeness (QED) is 0.180. The Hall–Kier alpha value is -6.85. The summed E-state index contributed by atoms with van der Waals surface area (Å²) in [6.45, 7) is 0. The fourth-order valence-electron chi connectivity index (χ4n) is 7.86. The van der Waals surface area contributed by atoms with Gasteiger partial charge in [-0.1, -0.05) is 121 Å². The molecule has 3 heterocycles. The first-order valence-electron chi connectivity index (χ1n) is 16.8. The van der Waals surface area contributed by atoms with Gasteiger partial charge in [0.05, 0.1) is 11.0 Å². The van der Waals surface area contributed by atoms with Crippen LogP contribution in [-0.2, 0) is 0 Å². The number of hydrogen-bond acceptors (Lipinski definition) is 4. The van der Waals surface area contributed by atoms with Gasteiger partial charge in [-0.3, -0.25) is 0 Å². The smallest absolute Gasteiger partial charge is 0.164 e. The predicted molar refractivity (Wildman–Crippen MR) is 204 cm³/mol. The maximum absolute atomic E-state index is 6.63. The minimum atomic E-state index is 0.607. The third-order valence-electron chi connectivity index (χ3n) is 10.0. The topological polar surface area (TPSA) is 56.7 Å². The number of rotatable bonds is 4. The molecule has 0 aliphatic carbocycles. The minimum absolute atomic E-state index is 0.607. The zero-order valence-corrected chi connectivity index (χ0v) is 26.7. The van der Waals surface area contributed by atoms with E-state index < -0.39 is 0 Å². The van der Waals surface area contributed by atoms with Gasteiger partial charge in [0.25, 0.3) is 0 Å². The van der Waals surface area contributed by atoms with Gasteiger partial charge >= 0.3 is 0 Å². The van der Waals surface area contributed by atoms with E-state index in [1.807, 2.05) is 72.8 Å². The van der Waals surface area contributed by atoms with Gasteiger partial charge in [-0.25, -0.2) is 15.0 Å². The molecule has 50 heavy (non-hydrogen) atoms. The average Bonchev–Trinajstić information content (AvgIpc) is 3.74. The van der Waals surface area contributed by atoms with Gasteiger partial charge in [-0.15, -0.1) is 0 Å². The lowest BCUT2D eigenvalue weighted by Gasteiger charge is -2.09. The van der Waals surface area contributed by atoms with Gasteiger partial charge in [0.2, 0.25) is 0 Å². The molecule has 8 aromatic carbocycles. The number of aromatic nitrogens is 4. The lowest BCUT2D eigenvalue weighted by Crippen LogP contribution is -2.00. The van der Waals surface area contributed by atoms with Crippen molar-refractivity contribution in [1.29, 1.82) is 0 Å². The van der Waals surface area contributed by atoms with Gasteiger partial charge in [-0.2, -0.15) is 0 Å². The van der Waals surface area contributed by atoms with Crippen LogP contribution in [0, 0.1) is 0 Å². The Bertz CT molecular complexity index is 2940. The summed E-state index contributed by atoms with van der Waals surface area (Å²) in [7, 11) is 0. The molecule has 0 radical (unpaired) electrons. The largest absolute Gasteiger partial charge is 0.456 e. The molecule has 0 atom stereocenters. The highest BCUT2D eigenvalue weighted by atomic mass is 16.3. The summed E-state index contributed by atoms with van der Waals surface area (Å²) < 4.78 is 9.01. The summed E-state index contributed by atoms with van der Waals surface area (Å²) in [6.07, 6.45) is 0. The second kappa shape index (κ2) is 10.3. The van der Waals surface area contributed by atoms with Crippen LogP contribution in [0.2, 0.25) is 0 Å². The Kier molecular flexibility index (Phi) is 5.60. The number of nitrogens with zero attached hydrogens (tertiary/aromatic N) is 4. The summed E-state index contributed by atoms with van der Waals surface area (Å²) in [4.78, 5) is 15.0. The van der Waals surface area contributed by atoms with Crippen molar-refractivity contribution in [1.82, 2.24) is 19.5 Å². The van der Waals surface area contributed by atoms with Crippen molar-refractivity contribution < 1.29 is 4.42 Å². The Morgan fingerprint density at radius 3 is 1.54 bits per heavy atom. The summed E-state index contributed by atoms with van der Waals surface area (Å²) in [6, 6.07) is 54.8. The van der Waals surface area contributed by atoms with E-state index in [2.05, 4.69) is 89.5 Å². The van der Waals surface area contributed by atoms with E-state index in [0.717, 1.165) is 44.3 Å². The van der Waals surface area contributed by atoms with Crippen LogP contribution >= 0.6 is 0 Å². The molecule has 0 saturated carbocycles. The van der Waals surface area contributed by atoms with E-state index in [1.165, 1.54) is 43.4 Å². The SMILES string of the molecule is c1ccc(-c2nc(-c3ccccc3)nc(-c3cccc4oc5cc(-n6c7cccc8c9ccccc9c9cccc6c9c87)ccc5c34)n2)cc1. The van der Waals surface area contributed by atoms with Gasteiger partial charge in [0.15, 0.2) is 17.5 Å². The molecular formula is C45H26N4O. The van der Waals surface area contributed by atoms with Crippen molar-refractivity contribution in [3.63, 3.8) is 0 Å². The van der Waals surface area contributed by atoms with E-state index in [0.29, 0.717) is 17.5 Å². The molecule has 3 aromatic heterocycles. The van der Waals surface area contributed by atoms with E-state index in [-0.39, 0.29) is 0 Å². The second-order valence-corrected chi connectivity index (χ2v) is 12.8. The number of hydrogen-bond donors (Lipinski definition) is 0. The first-order chi connectivity index (χ1) is 24.8. The lowest BCUT2D eigenvalue weighted by atomic mass is 9.95. The van der Waals surface area contributed by atoms with Crippen molar-refractivity contribution >= 4 is 65.3 Å². The van der Waals surface area contributed by atoms with Crippen molar-refractivity contribution in [3.05, 3.63) is 158 Å². The van der Waals surface area contributed by atoms with Crippen LogP contribution in [0.3, 0.4) is 0 Å². The molecule has 5 nitrogen and oxygen atoms in total. The Labute approximate surface area is 286 Å². The van der Waals surface area contributed by atoms with Gasteiger partial charge in [0.1, 0.15) is 11.2 Å². The van der Waals surface area contributed by atoms with E-state index in [4.69, 9.17) is 19.4 Å². The molecule has 232 valence electrons. The molecule has 11 aromatic rings. The maximum Gasteiger partial charge on any atom is 0.164 e. The van der Waals surface area contributed by atoms with Crippen LogP contribution in [0.25, 0.3) is 105 Å². The highest BCUT2D eigenvalue weighted by molar-refractivity contribution is 6.34. The number of benzene rings is 8. The molecule has 0 aliphatic heterocycles. The van der Waals surface area contributed by atoms with E-state index in [1.54, 1.807) is 0 Å². The lowest BCUT2D eigenvalue weighted by molar-refractivity contribution is 0.668. The third-order valence-corrected chi connectivity index (χ3v) is 10.0. The molecule has 0 fully saturated rings. The van der Waals surface area contributed by atoms with Gasteiger partial charge < -0.3 is 8.98 Å².